The second kappa shape index (κ2) is 6.04. The summed E-state index contributed by atoms with van der Waals surface area (Å²) in [4.78, 5) is 14.5. The van der Waals surface area contributed by atoms with E-state index in [-0.39, 0.29) is 5.69 Å². The van der Waals surface area contributed by atoms with E-state index in [0.717, 1.165) is 32.2 Å². The van der Waals surface area contributed by atoms with Crippen LogP contribution in [0.1, 0.15) is 6.92 Å². The van der Waals surface area contributed by atoms with Gasteiger partial charge in [-0.3, -0.25) is 10.1 Å². The van der Waals surface area contributed by atoms with Crippen LogP contribution < -0.4 is 10.2 Å². The molecule has 1 aromatic carbocycles. The van der Waals surface area contributed by atoms with E-state index in [9.17, 15) is 14.5 Å². The molecule has 0 spiro atoms. The summed E-state index contributed by atoms with van der Waals surface area (Å²) in [5, 5.41) is 13.9. The zero-order chi connectivity index (χ0) is 14.7. The van der Waals surface area contributed by atoms with Crippen LogP contribution in [0.3, 0.4) is 0 Å². The molecule has 2 rings (SSSR count). The number of nitrogens with one attached hydrogen (secondary N) is 1. The first-order chi connectivity index (χ1) is 9.52. The molecule has 0 bridgehead atoms. The Morgan fingerprint density at radius 2 is 2.00 bits per heavy atom. The Kier molecular flexibility index (Phi) is 4.39. The summed E-state index contributed by atoms with van der Waals surface area (Å²) in [6, 6.07) is 2.55. The lowest BCUT2D eigenvalue weighted by molar-refractivity contribution is -0.384. The number of nitro groups is 1. The van der Waals surface area contributed by atoms with E-state index in [1.165, 1.54) is 0 Å². The lowest BCUT2D eigenvalue weighted by atomic mass is 10.2. The summed E-state index contributed by atoms with van der Waals surface area (Å²) >= 11 is 0. The van der Waals surface area contributed by atoms with Crippen LogP contribution >= 0.6 is 0 Å². The van der Waals surface area contributed by atoms with Crippen LogP contribution in [0.2, 0.25) is 0 Å². The van der Waals surface area contributed by atoms with Crippen molar-refractivity contribution < 1.29 is 9.31 Å². The van der Waals surface area contributed by atoms with E-state index in [4.69, 9.17) is 0 Å². The fourth-order valence-electron chi connectivity index (χ4n) is 2.32. The molecule has 1 aromatic rings. The van der Waals surface area contributed by atoms with Crippen molar-refractivity contribution in [2.24, 2.45) is 0 Å². The summed E-state index contributed by atoms with van der Waals surface area (Å²) < 4.78 is 14.1. The van der Waals surface area contributed by atoms with Gasteiger partial charge < -0.3 is 15.1 Å². The minimum atomic E-state index is -0.561. The topological polar surface area (TPSA) is 61.6 Å². The number of nitrogens with zero attached hydrogens (tertiary/aromatic N) is 3. The SMILES string of the molecule is CCNc1cc(N2CCN(C)CC2)c(F)cc1[N+](=O)[O-]. The summed E-state index contributed by atoms with van der Waals surface area (Å²) in [5.41, 5.74) is 0.578. The zero-order valence-corrected chi connectivity index (χ0v) is 11.7. The molecule has 0 aromatic heterocycles. The maximum Gasteiger partial charge on any atom is 0.295 e. The number of piperazine rings is 1. The van der Waals surface area contributed by atoms with Gasteiger partial charge in [-0.1, -0.05) is 0 Å². The molecule has 1 saturated heterocycles. The number of likely N-dealkylation sites (N-methyl/N-ethyl adjacent to an activating group) is 1. The smallest absolute Gasteiger partial charge is 0.295 e. The Morgan fingerprint density at radius 3 is 2.55 bits per heavy atom. The lowest BCUT2D eigenvalue weighted by Gasteiger charge is -2.34. The van der Waals surface area contributed by atoms with E-state index in [1.54, 1.807) is 6.07 Å². The minimum absolute atomic E-state index is 0.220. The Labute approximate surface area is 117 Å². The summed E-state index contributed by atoms with van der Waals surface area (Å²) in [6.07, 6.45) is 0. The number of rotatable bonds is 4. The van der Waals surface area contributed by atoms with Crippen LogP contribution in [-0.2, 0) is 0 Å². The third-order valence-electron chi connectivity index (χ3n) is 3.47. The normalized spacial score (nSPS) is 16.2. The van der Waals surface area contributed by atoms with Crippen molar-refractivity contribution in [2.75, 3.05) is 50.0 Å². The fraction of sp³-hybridized carbons (Fsp3) is 0.538. The summed E-state index contributed by atoms with van der Waals surface area (Å²) in [6.45, 7) is 5.55. The Morgan fingerprint density at radius 1 is 1.35 bits per heavy atom. The van der Waals surface area contributed by atoms with Crippen molar-refractivity contribution in [2.45, 2.75) is 6.92 Å². The molecule has 7 heteroatoms. The van der Waals surface area contributed by atoms with E-state index < -0.39 is 10.7 Å². The van der Waals surface area contributed by atoms with E-state index in [2.05, 4.69) is 10.2 Å². The standard InChI is InChI=1S/C13H19FN4O2/c1-3-15-11-9-12(10(14)8-13(11)18(19)20)17-6-4-16(2)5-7-17/h8-9,15H,3-7H2,1-2H3. The third-order valence-corrected chi connectivity index (χ3v) is 3.47. The van der Waals surface area contributed by atoms with Gasteiger partial charge in [0, 0.05) is 32.7 Å². The number of halogens is 1. The number of anilines is 2. The molecule has 0 aliphatic carbocycles. The molecule has 1 fully saturated rings. The third kappa shape index (κ3) is 2.98. The molecule has 0 saturated carbocycles. The highest BCUT2D eigenvalue weighted by molar-refractivity contribution is 5.69. The largest absolute Gasteiger partial charge is 0.380 e. The second-order valence-electron chi connectivity index (χ2n) is 4.90. The predicted molar refractivity (Wildman–Crippen MR) is 76.9 cm³/mol. The highest BCUT2D eigenvalue weighted by Crippen LogP contribution is 2.32. The maximum atomic E-state index is 14.1. The summed E-state index contributed by atoms with van der Waals surface area (Å²) in [7, 11) is 2.02. The van der Waals surface area contributed by atoms with Crippen molar-refractivity contribution in [3.63, 3.8) is 0 Å². The van der Waals surface area contributed by atoms with Gasteiger partial charge in [-0.2, -0.15) is 0 Å². The highest BCUT2D eigenvalue weighted by Gasteiger charge is 2.23. The van der Waals surface area contributed by atoms with Gasteiger partial charge in [-0.25, -0.2) is 4.39 Å². The molecular weight excluding hydrogens is 263 g/mol. The zero-order valence-electron chi connectivity index (χ0n) is 11.7. The van der Waals surface area contributed by atoms with Crippen molar-refractivity contribution in [1.29, 1.82) is 0 Å². The molecule has 1 aliphatic heterocycles. The Balaban J connectivity index is 2.33. The first-order valence-corrected chi connectivity index (χ1v) is 6.68. The average Bonchev–Trinajstić information content (AvgIpc) is 2.41. The molecular formula is C13H19FN4O2. The first kappa shape index (κ1) is 14.5. The molecule has 1 aliphatic rings. The van der Waals surface area contributed by atoms with Crippen LogP contribution in [0.4, 0.5) is 21.5 Å². The molecule has 0 atom stereocenters. The second-order valence-corrected chi connectivity index (χ2v) is 4.90. The van der Waals surface area contributed by atoms with Gasteiger partial charge >= 0.3 is 0 Å². The maximum absolute atomic E-state index is 14.1. The molecule has 0 radical (unpaired) electrons. The van der Waals surface area contributed by atoms with Crippen molar-refractivity contribution in [3.8, 4) is 0 Å². The summed E-state index contributed by atoms with van der Waals surface area (Å²) in [5.74, 6) is -0.539. The van der Waals surface area contributed by atoms with Crippen LogP contribution in [0, 0.1) is 15.9 Å². The van der Waals surface area contributed by atoms with Crippen molar-refractivity contribution in [1.82, 2.24) is 4.90 Å². The molecule has 6 nitrogen and oxygen atoms in total. The number of hydrogen-bond acceptors (Lipinski definition) is 5. The molecule has 1 N–H and O–H groups in total. The fourth-order valence-corrected chi connectivity index (χ4v) is 2.32. The first-order valence-electron chi connectivity index (χ1n) is 6.68. The van der Waals surface area contributed by atoms with Crippen LogP contribution in [0.25, 0.3) is 0 Å². The van der Waals surface area contributed by atoms with E-state index in [1.807, 2.05) is 18.9 Å². The molecule has 0 amide bonds. The van der Waals surface area contributed by atoms with Crippen LogP contribution in [-0.4, -0.2) is 49.6 Å². The Bertz CT molecular complexity index is 501. The molecule has 1 heterocycles. The van der Waals surface area contributed by atoms with Crippen molar-refractivity contribution in [3.05, 3.63) is 28.1 Å². The number of benzene rings is 1. The van der Waals surface area contributed by atoms with Crippen LogP contribution in [0.5, 0.6) is 0 Å². The molecule has 20 heavy (non-hydrogen) atoms. The Hall–Kier alpha value is -1.89. The predicted octanol–water partition coefficient (Wildman–Crippen LogP) is 1.92. The highest BCUT2D eigenvalue weighted by atomic mass is 19.1. The quantitative estimate of drug-likeness (QED) is 0.675. The van der Waals surface area contributed by atoms with E-state index in [0.29, 0.717) is 17.9 Å². The lowest BCUT2D eigenvalue weighted by Crippen LogP contribution is -2.44. The van der Waals surface area contributed by atoms with Gasteiger partial charge in [0.2, 0.25) is 0 Å². The van der Waals surface area contributed by atoms with Gasteiger partial charge in [-0.15, -0.1) is 0 Å². The molecule has 110 valence electrons. The average molecular weight is 282 g/mol. The molecule has 0 unspecified atom stereocenters. The van der Waals surface area contributed by atoms with Gasteiger partial charge in [-0.05, 0) is 20.0 Å². The monoisotopic (exact) mass is 282 g/mol. The minimum Gasteiger partial charge on any atom is -0.380 e. The van der Waals surface area contributed by atoms with Gasteiger partial charge in [0.05, 0.1) is 16.7 Å². The van der Waals surface area contributed by atoms with E-state index >= 15 is 0 Å². The number of hydrogen-bond donors (Lipinski definition) is 1. The van der Waals surface area contributed by atoms with Gasteiger partial charge in [0.15, 0.2) is 5.82 Å². The van der Waals surface area contributed by atoms with Crippen molar-refractivity contribution >= 4 is 17.1 Å². The van der Waals surface area contributed by atoms with Crippen LogP contribution in [0.15, 0.2) is 12.1 Å². The van der Waals surface area contributed by atoms with Gasteiger partial charge in [0.25, 0.3) is 5.69 Å². The number of nitro benzene ring substituents is 1. The van der Waals surface area contributed by atoms with Gasteiger partial charge in [0.1, 0.15) is 5.69 Å².